The van der Waals surface area contributed by atoms with E-state index in [1.54, 1.807) is 27.7 Å². The van der Waals surface area contributed by atoms with E-state index in [4.69, 9.17) is 8.92 Å². The molecule has 0 aromatic heterocycles. The van der Waals surface area contributed by atoms with Gasteiger partial charge in [0.1, 0.15) is 5.60 Å². The first-order valence-electron chi connectivity index (χ1n) is 6.32. The first kappa shape index (κ1) is 18.2. The average Bonchev–Trinajstić information content (AvgIpc) is 2.10. The van der Waals surface area contributed by atoms with E-state index < -0.39 is 34.0 Å². The topological polar surface area (TPSA) is 81.7 Å². The molecule has 7 heteroatoms. The fraction of sp³-hybridized carbons (Fsp3) is 0.917. The van der Waals surface area contributed by atoms with Gasteiger partial charge in [0.15, 0.2) is 0 Å². The molecule has 0 saturated carbocycles. The molecule has 0 saturated heterocycles. The molecule has 1 amide bonds. The van der Waals surface area contributed by atoms with Gasteiger partial charge in [0, 0.05) is 0 Å². The Hall–Kier alpha value is -0.820. The summed E-state index contributed by atoms with van der Waals surface area (Å²) in [5.41, 5.74) is -0.595. The fourth-order valence-electron chi connectivity index (χ4n) is 1.54. The van der Waals surface area contributed by atoms with E-state index in [9.17, 15) is 13.2 Å². The van der Waals surface area contributed by atoms with Crippen molar-refractivity contribution in [2.75, 3.05) is 6.26 Å². The molecule has 0 spiro atoms. The molecule has 2 atom stereocenters. The smallest absolute Gasteiger partial charge is 0.407 e. The molecule has 0 bridgehead atoms. The van der Waals surface area contributed by atoms with Crippen LogP contribution in [0.4, 0.5) is 4.79 Å². The molecule has 0 aliphatic heterocycles. The lowest BCUT2D eigenvalue weighted by Crippen LogP contribution is -2.45. The van der Waals surface area contributed by atoms with Crippen LogP contribution in [0.3, 0.4) is 0 Å². The van der Waals surface area contributed by atoms with Gasteiger partial charge in [-0.05, 0) is 34.1 Å². The zero-order valence-corrected chi connectivity index (χ0v) is 13.3. The van der Waals surface area contributed by atoms with Crippen LogP contribution in [0.15, 0.2) is 0 Å². The van der Waals surface area contributed by atoms with Crippen molar-refractivity contribution in [1.29, 1.82) is 0 Å². The maximum atomic E-state index is 11.7. The largest absolute Gasteiger partial charge is 0.444 e. The number of carbonyl (C=O) groups excluding carboxylic acids is 1. The van der Waals surface area contributed by atoms with E-state index in [1.165, 1.54) is 0 Å². The monoisotopic (exact) mass is 295 g/mol. The van der Waals surface area contributed by atoms with E-state index in [0.29, 0.717) is 6.42 Å². The van der Waals surface area contributed by atoms with Crippen molar-refractivity contribution in [3.05, 3.63) is 0 Å². The average molecular weight is 295 g/mol. The highest BCUT2D eigenvalue weighted by Crippen LogP contribution is 2.11. The van der Waals surface area contributed by atoms with Gasteiger partial charge >= 0.3 is 6.09 Å². The second-order valence-electron chi connectivity index (χ2n) is 5.55. The summed E-state index contributed by atoms with van der Waals surface area (Å²) in [5, 5.41) is 2.65. The van der Waals surface area contributed by atoms with E-state index in [2.05, 4.69) is 5.32 Å². The highest BCUT2D eigenvalue weighted by molar-refractivity contribution is 7.86. The molecule has 0 aromatic carbocycles. The van der Waals surface area contributed by atoms with E-state index in [0.717, 1.165) is 12.7 Å². The Morgan fingerprint density at radius 1 is 1.32 bits per heavy atom. The van der Waals surface area contributed by atoms with E-state index >= 15 is 0 Å². The summed E-state index contributed by atoms with van der Waals surface area (Å²) in [6.07, 6.45) is 1.17. The second kappa shape index (κ2) is 7.09. The van der Waals surface area contributed by atoms with Crippen LogP contribution in [0, 0.1) is 0 Å². The Balaban J connectivity index is 4.60. The molecular formula is C12H25NO5S. The van der Waals surface area contributed by atoms with E-state index in [1.807, 2.05) is 6.92 Å². The number of hydrogen-bond donors (Lipinski definition) is 1. The van der Waals surface area contributed by atoms with Crippen molar-refractivity contribution in [2.45, 2.75) is 65.2 Å². The molecule has 0 aliphatic carbocycles. The number of rotatable bonds is 6. The number of alkyl carbamates (subject to hydrolysis) is 1. The highest BCUT2D eigenvalue weighted by atomic mass is 32.2. The lowest BCUT2D eigenvalue weighted by atomic mass is 10.1. The lowest BCUT2D eigenvalue weighted by molar-refractivity contribution is 0.0451. The summed E-state index contributed by atoms with van der Waals surface area (Å²) in [5.74, 6) is 0. The number of hydrogen-bond acceptors (Lipinski definition) is 5. The normalized spacial score (nSPS) is 15.7. The maximum Gasteiger partial charge on any atom is 0.407 e. The van der Waals surface area contributed by atoms with Gasteiger partial charge in [-0.2, -0.15) is 8.42 Å². The van der Waals surface area contributed by atoms with Gasteiger partial charge in [-0.15, -0.1) is 0 Å². The third-order valence-corrected chi connectivity index (χ3v) is 2.85. The number of ether oxygens (including phenoxy) is 1. The zero-order valence-electron chi connectivity index (χ0n) is 12.5. The summed E-state index contributed by atoms with van der Waals surface area (Å²) in [7, 11) is -3.55. The van der Waals surface area contributed by atoms with Crippen molar-refractivity contribution < 1.29 is 22.1 Å². The van der Waals surface area contributed by atoms with E-state index in [-0.39, 0.29) is 0 Å². The molecule has 0 radical (unpaired) electrons. The molecule has 0 rings (SSSR count). The molecule has 1 N–H and O–H groups in total. The Labute approximate surface area is 116 Å². The predicted molar refractivity (Wildman–Crippen MR) is 73.5 cm³/mol. The summed E-state index contributed by atoms with van der Waals surface area (Å²) in [6.45, 7) is 8.84. The standard InChI is InChI=1S/C12H25NO5S/c1-7-8-10(9(2)18-19(6,15)16)13-11(14)17-12(3,4)5/h9-10H,7-8H2,1-6H3,(H,13,14). The molecule has 0 aromatic rings. The van der Waals surface area contributed by atoms with Crippen molar-refractivity contribution >= 4 is 16.2 Å². The van der Waals surface area contributed by atoms with Gasteiger partial charge < -0.3 is 10.1 Å². The van der Waals surface area contributed by atoms with Crippen LogP contribution in [-0.4, -0.2) is 38.5 Å². The Morgan fingerprint density at radius 2 is 1.84 bits per heavy atom. The minimum absolute atomic E-state index is 0.408. The van der Waals surface area contributed by atoms with Crippen molar-refractivity contribution in [3.8, 4) is 0 Å². The van der Waals surface area contributed by atoms with Crippen LogP contribution < -0.4 is 5.32 Å². The SMILES string of the molecule is CCCC(NC(=O)OC(C)(C)C)C(C)OS(C)(=O)=O. The van der Waals surface area contributed by atoms with Crippen LogP contribution in [0.25, 0.3) is 0 Å². The highest BCUT2D eigenvalue weighted by Gasteiger charge is 2.25. The number of nitrogens with one attached hydrogen (secondary N) is 1. The van der Waals surface area contributed by atoms with Crippen LogP contribution in [0.1, 0.15) is 47.5 Å². The lowest BCUT2D eigenvalue weighted by Gasteiger charge is -2.26. The summed E-state index contributed by atoms with van der Waals surface area (Å²) >= 11 is 0. The quantitative estimate of drug-likeness (QED) is 0.758. The molecular weight excluding hydrogens is 270 g/mol. The minimum Gasteiger partial charge on any atom is -0.444 e. The molecule has 0 aliphatic rings. The molecule has 0 heterocycles. The molecule has 114 valence electrons. The van der Waals surface area contributed by atoms with Gasteiger partial charge in [-0.1, -0.05) is 13.3 Å². The van der Waals surface area contributed by atoms with Gasteiger partial charge in [0.25, 0.3) is 10.1 Å². The Morgan fingerprint density at radius 3 is 2.21 bits per heavy atom. The summed E-state index contributed by atoms with van der Waals surface area (Å²) in [4.78, 5) is 11.7. The van der Waals surface area contributed by atoms with Crippen molar-refractivity contribution in [2.24, 2.45) is 0 Å². The third-order valence-electron chi connectivity index (χ3n) is 2.20. The van der Waals surface area contributed by atoms with Crippen molar-refractivity contribution in [1.82, 2.24) is 5.32 Å². The Kier molecular flexibility index (Phi) is 6.79. The first-order chi connectivity index (χ1) is 8.44. The fourth-order valence-corrected chi connectivity index (χ4v) is 2.22. The van der Waals surface area contributed by atoms with Crippen LogP contribution >= 0.6 is 0 Å². The zero-order chi connectivity index (χ0) is 15.3. The van der Waals surface area contributed by atoms with Gasteiger partial charge in [-0.25, -0.2) is 4.79 Å². The summed E-state index contributed by atoms with van der Waals surface area (Å²) in [6, 6.07) is -0.408. The second-order valence-corrected chi connectivity index (χ2v) is 7.15. The predicted octanol–water partition coefficient (Wildman–Crippen LogP) is 2.04. The minimum atomic E-state index is -3.55. The summed E-state index contributed by atoms with van der Waals surface area (Å²) < 4.78 is 32.2. The van der Waals surface area contributed by atoms with Gasteiger partial charge in [0.05, 0.1) is 18.4 Å². The van der Waals surface area contributed by atoms with Crippen LogP contribution in [0.2, 0.25) is 0 Å². The number of carbonyl (C=O) groups is 1. The molecule has 6 nitrogen and oxygen atoms in total. The maximum absolute atomic E-state index is 11.7. The molecule has 0 fully saturated rings. The molecule has 2 unspecified atom stereocenters. The molecule has 19 heavy (non-hydrogen) atoms. The van der Waals surface area contributed by atoms with Crippen LogP contribution in [0.5, 0.6) is 0 Å². The third kappa shape index (κ3) is 9.72. The first-order valence-corrected chi connectivity index (χ1v) is 8.14. The van der Waals surface area contributed by atoms with Crippen molar-refractivity contribution in [3.63, 3.8) is 0 Å². The van der Waals surface area contributed by atoms with Gasteiger partial charge in [0.2, 0.25) is 0 Å². The van der Waals surface area contributed by atoms with Gasteiger partial charge in [-0.3, -0.25) is 4.18 Å². The number of amides is 1. The van der Waals surface area contributed by atoms with Crippen LogP contribution in [-0.2, 0) is 19.0 Å². The Bertz CT molecular complexity index is 385.